The van der Waals surface area contributed by atoms with E-state index in [1.54, 1.807) is 6.92 Å². The predicted octanol–water partition coefficient (Wildman–Crippen LogP) is 4.11. The van der Waals surface area contributed by atoms with Crippen molar-refractivity contribution in [3.05, 3.63) is 0 Å². The summed E-state index contributed by atoms with van der Waals surface area (Å²) in [5.74, 6) is 1.31. The van der Waals surface area contributed by atoms with Crippen LogP contribution < -0.4 is 0 Å². The third-order valence-corrected chi connectivity index (χ3v) is 5.31. The fourth-order valence-corrected chi connectivity index (χ4v) is 4.27. The van der Waals surface area contributed by atoms with Crippen molar-refractivity contribution >= 4 is 5.97 Å². The van der Waals surface area contributed by atoms with Gasteiger partial charge in [0.15, 0.2) is 0 Å². The Morgan fingerprint density at radius 2 is 1.90 bits per heavy atom. The van der Waals surface area contributed by atoms with Crippen LogP contribution in [0.15, 0.2) is 0 Å². The van der Waals surface area contributed by atoms with Crippen LogP contribution in [0.4, 0.5) is 0 Å². The molecule has 0 amide bonds. The van der Waals surface area contributed by atoms with Crippen LogP contribution in [0.3, 0.4) is 0 Å². The zero-order valence-electron chi connectivity index (χ0n) is 13.2. The third kappa shape index (κ3) is 3.97. The Kier molecular flexibility index (Phi) is 5.48. The highest BCUT2D eigenvalue weighted by Crippen LogP contribution is 2.44. The van der Waals surface area contributed by atoms with Crippen molar-refractivity contribution in [2.45, 2.75) is 77.9 Å². The molecule has 0 spiro atoms. The lowest BCUT2D eigenvalue weighted by Gasteiger charge is -2.28. The first-order valence-corrected chi connectivity index (χ1v) is 8.35. The highest BCUT2D eigenvalue weighted by Gasteiger charge is 2.39. The molecular weight excluding hydrogens is 252 g/mol. The standard InChI is InChI=1S/C17H30O3/c1-11-8-15(14-6-4-5-7-14)16(9-11)20-13(3)10-12(2)17(18)19/h11-16H,4-10H2,1-3H3,(H,18,19). The van der Waals surface area contributed by atoms with Crippen molar-refractivity contribution in [1.29, 1.82) is 0 Å². The Morgan fingerprint density at radius 1 is 1.25 bits per heavy atom. The average molecular weight is 282 g/mol. The zero-order valence-corrected chi connectivity index (χ0v) is 13.2. The second kappa shape index (κ2) is 6.93. The van der Waals surface area contributed by atoms with Crippen molar-refractivity contribution in [3.8, 4) is 0 Å². The number of ether oxygens (including phenoxy) is 1. The topological polar surface area (TPSA) is 46.5 Å². The molecule has 3 nitrogen and oxygen atoms in total. The fraction of sp³-hybridized carbons (Fsp3) is 0.941. The Labute approximate surface area is 123 Å². The molecule has 0 heterocycles. The monoisotopic (exact) mass is 282 g/mol. The van der Waals surface area contributed by atoms with Crippen LogP contribution in [-0.2, 0) is 9.53 Å². The van der Waals surface area contributed by atoms with E-state index in [4.69, 9.17) is 9.84 Å². The molecule has 116 valence electrons. The van der Waals surface area contributed by atoms with Crippen LogP contribution in [0, 0.1) is 23.7 Å². The van der Waals surface area contributed by atoms with Gasteiger partial charge in [0.2, 0.25) is 0 Å². The van der Waals surface area contributed by atoms with Gasteiger partial charge in [-0.2, -0.15) is 0 Å². The predicted molar refractivity (Wildman–Crippen MR) is 79.6 cm³/mol. The Hall–Kier alpha value is -0.570. The summed E-state index contributed by atoms with van der Waals surface area (Å²) < 4.78 is 6.26. The first kappa shape index (κ1) is 15.8. The highest BCUT2D eigenvalue weighted by molar-refractivity contribution is 5.69. The highest BCUT2D eigenvalue weighted by atomic mass is 16.5. The third-order valence-electron chi connectivity index (χ3n) is 5.31. The largest absolute Gasteiger partial charge is 0.481 e. The molecule has 0 aliphatic heterocycles. The molecule has 2 saturated carbocycles. The summed E-state index contributed by atoms with van der Waals surface area (Å²) in [6.45, 7) is 6.14. The van der Waals surface area contributed by atoms with E-state index in [0.717, 1.165) is 24.2 Å². The van der Waals surface area contributed by atoms with Crippen molar-refractivity contribution in [1.82, 2.24) is 0 Å². The second-order valence-electron chi connectivity index (χ2n) is 7.25. The summed E-state index contributed by atoms with van der Waals surface area (Å²) in [4.78, 5) is 10.9. The lowest BCUT2D eigenvalue weighted by molar-refractivity contribution is -0.143. The van der Waals surface area contributed by atoms with Crippen LogP contribution in [0.2, 0.25) is 0 Å². The molecule has 2 aliphatic carbocycles. The molecule has 5 unspecified atom stereocenters. The number of carboxylic acids is 1. The van der Waals surface area contributed by atoms with Gasteiger partial charge >= 0.3 is 5.97 Å². The normalized spacial score (nSPS) is 34.2. The smallest absolute Gasteiger partial charge is 0.306 e. The summed E-state index contributed by atoms with van der Waals surface area (Å²) in [6.07, 6.45) is 9.02. The van der Waals surface area contributed by atoms with E-state index in [9.17, 15) is 4.79 Å². The minimum Gasteiger partial charge on any atom is -0.481 e. The molecule has 0 aromatic carbocycles. The number of carboxylic acid groups (broad SMARTS) is 1. The molecule has 1 N–H and O–H groups in total. The quantitative estimate of drug-likeness (QED) is 0.797. The Morgan fingerprint density at radius 3 is 2.50 bits per heavy atom. The van der Waals surface area contributed by atoms with Crippen LogP contribution in [-0.4, -0.2) is 23.3 Å². The molecule has 0 radical (unpaired) electrons. The van der Waals surface area contributed by atoms with Gasteiger partial charge in [-0.05, 0) is 43.9 Å². The number of hydrogen-bond donors (Lipinski definition) is 1. The van der Waals surface area contributed by atoms with Crippen LogP contribution in [0.25, 0.3) is 0 Å². The van der Waals surface area contributed by atoms with E-state index in [1.807, 2.05) is 6.92 Å². The second-order valence-corrected chi connectivity index (χ2v) is 7.25. The van der Waals surface area contributed by atoms with E-state index >= 15 is 0 Å². The first-order valence-electron chi connectivity index (χ1n) is 8.35. The van der Waals surface area contributed by atoms with Gasteiger partial charge in [0.25, 0.3) is 0 Å². The van der Waals surface area contributed by atoms with Gasteiger partial charge in [0.05, 0.1) is 18.1 Å². The number of rotatable bonds is 6. The molecule has 0 aromatic rings. The van der Waals surface area contributed by atoms with Crippen molar-refractivity contribution in [2.24, 2.45) is 23.7 Å². The van der Waals surface area contributed by atoms with Gasteiger partial charge < -0.3 is 9.84 Å². The molecule has 20 heavy (non-hydrogen) atoms. The van der Waals surface area contributed by atoms with Gasteiger partial charge in [0, 0.05) is 0 Å². The summed E-state index contributed by atoms with van der Waals surface area (Å²) in [6, 6.07) is 0. The van der Waals surface area contributed by atoms with Gasteiger partial charge in [-0.15, -0.1) is 0 Å². The van der Waals surface area contributed by atoms with Gasteiger partial charge in [-0.3, -0.25) is 4.79 Å². The van der Waals surface area contributed by atoms with Crippen LogP contribution in [0.1, 0.15) is 65.7 Å². The van der Waals surface area contributed by atoms with Crippen LogP contribution >= 0.6 is 0 Å². The average Bonchev–Trinajstić information content (AvgIpc) is 2.98. The van der Waals surface area contributed by atoms with E-state index in [-0.39, 0.29) is 12.0 Å². The number of aliphatic carboxylic acids is 1. The Bertz CT molecular complexity index is 322. The molecule has 0 saturated heterocycles. The summed E-state index contributed by atoms with van der Waals surface area (Å²) in [5.41, 5.74) is 0. The molecule has 5 atom stereocenters. The van der Waals surface area contributed by atoms with Crippen molar-refractivity contribution < 1.29 is 14.6 Å². The summed E-state index contributed by atoms with van der Waals surface area (Å²) in [7, 11) is 0. The van der Waals surface area contributed by atoms with E-state index in [0.29, 0.717) is 12.5 Å². The fourth-order valence-electron chi connectivity index (χ4n) is 4.27. The number of carbonyl (C=O) groups is 1. The molecule has 2 fully saturated rings. The molecule has 0 bridgehead atoms. The van der Waals surface area contributed by atoms with Gasteiger partial charge in [-0.25, -0.2) is 0 Å². The molecular formula is C17H30O3. The lowest BCUT2D eigenvalue weighted by Crippen LogP contribution is -2.29. The minimum absolute atomic E-state index is 0.0558. The van der Waals surface area contributed by atoms with Crippen molar-refractivity contribution in [2.75, 3.05) is 0 Å². The first-order chi connectivity index (χ1) is 9.47. The lowest BCUT2D eigenvalue weighted by atomic mass is 9.87. The maximum atomic E-state index is 10.9. The minimum atomic E-state index is -0.715. The number of hydrogen-bond acceptors (Lipinski definition) is 2. The SMILES string of the molecule is CC1CC(OC(C)CC(C)C(=O)O)C(C2CCCC2)C1. The maximum Gasteiger partial charge on any atom is 0.306 e. The molecule has 2 aliphatic rings. The summed E-state index contributed by atoms with van der Waals surface area (Å²) >= 11 is 0. The van der Waals surface area contributed by atoms with Gasteiger partial charge in [-0.1, -0.05) is 39.5 Å². The Balaban J connectivity index is 1.87. The zero-order chi connectivity index (χ0) is 14.7. The summed E-state index contributed by atoms with van der Waals surface area (Å²) in [5, 5.41) is 9.00. The van der Waals surface area contributed by atoms with E-state index in [1.165, 1.54) is 32.1 Å². The molecule has 2 rings (SSSR count). The van der Waals surface area contributed by atoms with E-state index < -0.39 is 5.97 Å². The van der Waals surface area contributed by atoms with Gasteiger partial charge in [0.1, 0.15) is 0 Å². The van der Waals surface area contributed by atoms with Crippen LogP contribution in [0.5, 0.6) is 0 Å². The van der Waals surface area contributed by atoms with Crippen molar-refractivity contribution in [3.63, 3.8) is 0 Å². The maximum absolute atomic E-state index is 10.9. The molecule has 0 aromatic heterocycles. The molecule has 3 heteroatoms. The van der Waals surface area contributed by atoms with E-state index in [2.05, 4.69) is 6.92 Å².